The van der Waals surface area contributed by atoms with Gasteiger partial charge in [-0.2, -0.15) is 5.10 Å². The third-order valence-corrected chi connectivity index (χ3v) is 5.43. The second kappa shape index (κ2) is 9.88. The number of amides is 1. The molecule has 0 aliphatic carbocycles. The monoisotopic (exact) mass is 422 g/mol. The number of hydrogen-bond donors (Lipinski definition) is 1. The van der Waals surface area contributed by atoms with Crippen LogP contribution in [0.5, 0.6) is 0 Å². The lowest BCUT2D eigenvalue weighted by Crippen LogP contribution is -2.21. The van der Waals surface area contributed by atoms with Crippen molar-refractivity contribution in [1.82, 2.24) is 10.4 Å². The summed E-state index contributed by atoms with van der Waals surface area (Å²) in [5.74, 6) is -0.267. The van der Waals surface area contributed by atoms with Gasteiger partial charge in [0.15, 0.2) is 0 Å². The Morgan fingerprint density at radius 3 is 2.34 bits per heavy atom. The summed E-state index contributed by atoms with van der Waals surface area (Å²) in [7, 11) is 0. The third kappa shape index (κ3) is 4.67. The number of pyridine rings is 1. The smallest absolute Gasteiger partial charge is 0.272 e. The maximum absolute atomic E-state index is 13.0. The van der Waals surface area contributed by atoms with Crippen molar-refractivity contribution in [2.45, 2.75) is 13.8 Å². The Bertz CT molecular complexity index is 1230. The Morgan fingerprint density at radius 1 is 0.938 bits per heavy atom. The zero-order chi connectivity index (χ0) is 22.3. The first-order valence-corrected chi connectivity index (χ1v) is 10.8. The first-order valence-electron chi connectivity index (χ1n) is 10.8. The Hall–Kier alpha value is -3.99. The molecule has 4 rings (SSSR count). The highest BCUT2D eigenvalue weighted by atomic mass is 16.2. The molecule has 0 unspecified atom stereocenters. The van der Waals surface area contributed by atoms with Crippen molar-refractivity contribution in [3.8, 4) is 11.3 Å². The number of benzene rings is 3. The van der Waals surface area contributed by atoms with Crippen LogP contribution in [0.1, 0.15) is 29.8 Å². The number of hydrogen-bond acceptors (Lipinski definition) is 4. The van der Waals surface area contributed by atoms with Crippen molar-refractivity contribution >= 4 is 28.7 Å². The minimum atomic E-state index is -0.267. The van der Waals surface area contributed by atoms with Gasteiger partial charge in [-0.25, -0.2) is 10.4 Å². The van der Waals surface area contributed by atoms with E-state index in [1.807, 2.05) is 72.8 Å². The molecule has 0 spiro atoms. The Kier molecular flexibility index (Phi) is 6.56. The van der Waals surface area contributed by atoms with Crippen molar-refractivity contribution in [2.75, 3.05) is 18.0 Å². The molecule has 0 radical (unpaired) electrons. The van der Waals surface area contributed by atoms with Crippen LogP contribution in [0, 0.1) is 0 Å². The molecule has 5 nitrogen and oxygen atoms in total. The van der Waals surface area contributed by atoms with Gasteiger partial charge in [-0.1, -0.05) is 60.7 Å². The van der Waals surface area contributed by atoms with Crippen molar-refractivity contribution in [3.05, 3.63) is 96.1 Å². The fraction of sp³-hybridized carbons (Fsp3) is 0.148. The number of nitrogens with zero attached hydrogens (tertiary/aromatic N) is 3. The van der Waals surface area contributed by atoms with Gasteiger partial charge in [-0.3, -0.25) is 4.79 Å². The Morgan fingerprint density at radius 2 is 1.62 bits per heavy atom. The van der Waals surface area contributed by atoms with Gasteiger partial charge in [0.2, 0.25) is 0 Å². The number of carbonyl (C=O) groups excluding carboxylic acids is 1. The molecule has 32 heavy (non-hydrogen) atoms. The zero-order valence-corrected chi connectivity index (χ0v) is 18.3. The average Bonchev–Trinajstić information content (AvgIpc) is 2.85. The molecule has 4 aromatic rings. The summed E-state index contributed by atoms with van der Waals surface area (Å²) >= 11 is 0. The number of aromatic nitrogens is 1. The van der Waals surface area contributed by atoms with Gasteiger partial charge in [0.1, 0.15) is 0 Å². The Labute approximate surface area is 188 Å². The second-order valence-corrected chi connectivity index (χ2v) is 7.40. The summed E-state index contributed by atoms with van der Waals surface area (Å²) in [5, 5.41) is 4.98. The van der Waals surface area contributed by atoms with Gasteiger partial charge in [0.05, 0.1) is 23.0 Å². The molecule has 0 bridgehead atoms. The molecule has 0 saturated carbocycles. The van der Waals surface area contributed by atoms with Gasteiger partial charge < -0.3 is 4.90 Å². The lowest BCUT2D eigenvalue weighted by atomic mass is 10.0. The van der Waals surface area contributed by atoms with Gasteiger partial charge in [-0.05, 0) is 43.7 Å². The van der Waals surface area contributed by atoms with Crippen LogP contribution < -0.4 is 10.3 Å². The lowest BCUT2D eigenvalue weighted by molar-refractivity contribution is 0.0956. The van der Waals surface area contributed by atoms with E-state index in [1.165, 1.54) is 5.69 Å². The van der Waals surface area contributed by atoms with Gasteiger partial charge in [0, 0.05) is 29.7 Å². The van der Waals surface area contributed by atoms with Gasteiger partial charge in [-0.15, -0.1) is 0 Å². The number of carbonyl (C=O) groups is 1. The maximum Gasteiger partial charge on any atom is 0.272 e. The van der Waals surface area contributed by atoms with Crippen molar-refractivity contribution in [2.24, 2.45) is 5.10 Å². The van der Waals surface area contributed by atoms with E-state index in [0.717, 1.165) is 40.8 Å². The molecule has 160 valence electrons. The molecule has 1 aromatic heterocycles. The van der Waals surface area contributed by atoms with Crippen LogP contribution in [0.2, 0.25) is 0 Å². The van der Waals surface area contributed by atoms with Gasteiger partial charge >= 0.3 is 0 Å². The van der Waals surface area contributed by atoms with Crippen molar-refractivity contribution < 1.29 is 4.79 Å². The average molecular weight is 423 g/mol. The first-order chi connectivity index (χ1) is 15.7. The number of rotatable bonds is 7. The molecule has 0 atom stereocenters. The number of fused-ring (bicyclic) bond motifs is 1. The predicted molar refractivity (Wildman–Crippen MR) is 132 cm³/mol. The van der Waals surface area contributed by atoms with E-state index in [4.69, 9.17) is 4.98 Å². The Balaban J connectivity index is 1.56. The molecular weight excluding hydrogens is 396 g/mol. The normalized spacial score (nSPS) is 11.1. The zero-order valence-electron chi connectivity index (χ0n) is 18.3. The highest BCUT2D eigenvalue weighted by Gasteiger charge is 2.13. The van der Waals surface area contributed by atoms with E-state index in [-0.39, 0.29) is 5.91 Å². The van der Waals surface area contributed by atoms with Crippen LogP contribution in [-0.4, -0.2) is 30.2 Å². The molecule has 1 N–H and O–H groups in total. The molecule has 0 aliphatic heterocycles. The summed E-state index contributed by atoms with van der Waals surface area (Å²) in [5.41, 5.74) is 7.80. The van der Waals surface area contributed by atoms with Crippen LogP contribution in [0.25, 0.3) is 22.2 Å². The molecule has 0 fully saturated rings. The van der Waals surface area contributed by atoms with E-state index in [2.05, 4.69) is 41.4 Å². The quantitative estimate of drug-likeness (QED) is 0.315. The second-order valence-electron chi connectivity index (χ2n) is 7.40. The summed E-state index contributed by atoms with van der Waals surface area (Å²) in [6, 6.07) is 27.5. The summed E-state index contributed by atoms with van der Waals surface area (Å²) in [4.78, 5) is 20.0. The molecular formula is C27H26N4O. The van der Waals surface area contributed by atoms with Crippen LogP contribution in [-0.2, 0) is 0 Å². The maximum atomic E-state index is 13.0. The predicted octanol–water partition coefficient (Wildman–Crippen LogP) is 5.51. The van der Waals surface area contributed by atoms with Gasteiger partial charge in [0.25, 0.3) is 5.91 Å². The minimum Gasteiger partial charge on any atom is -0.372 e. The highest BCUT2D eigenvalue weighted by Crippen LogP contribution is 2.24. The van der Waals surface area contributed by atoms with Crippen molar-refractivity contribution in [3.63, 3.8) is 0 Å². The molecule has 5 heteroatoms. The lowest BCUT2D eigenvalue weighted by Gasteiger charge is -2.20. The van der Waals surface area contributed by atoms with E-state index in [1.54, 1.807) is 6.21 Å². The molecule has 0 saturated heterocycles. The molecule has 1 amide bonds. The summed E-state index contributed by atoms with van der Waals surface area (Å²) < 4.78 is 0. The molecule has 0 aliphatic rings. The number of anilines is 1. The fourth-order valence-corrected chi connectivity index (χ4v) is 3.71. The van der Waals surface area contributed by atoms with Crippen molar-refractivity contribution in [1.29, 1.82) is 0 Å². The first kappa shape index (κ1) is 21.2. The highest BCUT2D eigenvalue weighted by molar-refractivity contribution is 6.07. The number of para-hydroxylation sites is 1. The fourth-order valence-electron chi connectivity index (χ4n) is 3.71. The SMILES string of the molecule is CCN(CC)c1ccc(/C=N/NC(=O)c2cc(-c3ccccc3)nc3ccccc23)cc1. The third-order valence-electron chi connectivity index (χ3n) is 5.43. The van der Waals surface area contributed by atoms with E-state index in [9.17, 15) is 4.79 Å². The van der Waals surface area contributed by atoms with Crippen LogP contribution >= 0.6 is 0 Å². The topological polar surface area (TPSA) is 57.6 Å². The van der Waals surface area contributed by atoms with Crippen LogP contribution in [0.4, 0.5) is 5.69 Å². The van der Waals surface area contributed by atoms with E-state index >= 15 is 0 Å². The largest absolute Gasteiger partial charge is 0.372 e. The number of hydrazone groups is 1. The number of nitrogens with one attached hydrogen (secondary N) is 1. The van der Waals surface area contributed by atoms with E-state index in [0.29, 0.717) is 5.56 Å². The van der Waals surface area contributed by atoms with E-state index < -0.39 is 0 Å². The molecule has 1 heterocycles. The standard InChI is InChI=1S/C27H26N4O/c1-3-31(4-2)22-16-14-20(15-17-22)19-28-30-27(32)24-18-26(21-10-6-5-7-11-21)29-25-13-9-8-12-23(24)25/h5-19H,3-4H2,1-2H3,(H,30,32)/b28-19+. The van der Waals surface area contributed by atoms with Crippen LogP contribution in [0.15, 0.2) is 90.0 Å². The summed E-state index contributed by atoms with van der Waals surface area (Å²) in [6.07, 6.45) is 1.66. The molecule has 3 aromatic carbocycles. The summed E-state index contributed by atoms with van der Waals surface area (Å²) in [6.45, 7) is 6.20. The van der Waals surface area contributed by atoms with Crippen LogP contribution in [0.3, 0.4) is 0 Å². The minimum absolute atomic E-state index is 0.267.